The zero-order valence-electron chi connectivity index (χ0n) is 10.9. The number of pyridine rings is 1. The molecule has 0 aromatic carbocycles. The molecule has 1 aromatic heterocycles. The molecule has 1 aliphatic rings. The molecule has 2 heterocycles. The first-order chi connectivity index (χ1) is 8.51. The number of rotatable bonds is 3. The van der Waals surface area contributed by atoms with E-state index in [4.69, 9.17) is 0 Å². The SMILES string of the molecule is CC(C)C1CCCN(S(=O)(=O)c2ccccn2)C1. The maximum atomic E-state index is 12.4. The summed E-state index contributed by atoms with van der Waals surface area (Å²) >= 11 is 0. The summed E-state index contributed by atoms with van der Waals surface area (Å²) in [6.45, 7) is 5.54. The lowest BCUT2D eigenvalue weighted by atomic mass is 9.89. The second-order valence-electron chi connectivity index (χ2n) is 5.18. The monoisotopic (exact) mass is 268 g/mol. The van der Waals surface area contributed by atoms with E-state index in [0.717, 1.165) is 12.8 Å². The van der Waals surface area contributed by atoms with Crippen molar-refractivity contribution in [2.45, 2.75) is 31.7 Å². The standard InChI is InChI=1S/C13H20N2O2S/c1-11(2)12-6-5-9-15(10-12)18(16,17)13-7-3-4-8-14-13/h3-4,7-8,11-12H,5-6,9-10H2,1-2H3. The number of aromatic nitrogens is 1. The molecule has 0 bridgehead atoms. The summed E-state index contributed by atoms with van der Waals surface area (Å²) in [5, 5.41) is 0.161. The van der Waals surface area contributed by atoms with Crippen molar-refractivity contribution in [3.63, 3.8) is 0 Å². The van der Waals surface area contributed by atoms with E-state index < -0.39 is 10.0 Å². The first-order valence-corrected chi connectivity index (χ1v) is 7.87. The third-order valence-electron chi connectivity index (χ3n) is 3.61. The summed E-state index contributed by atoms with van der Waals surface area (Å²) in [7, 11) is -3.41. The van der Waals surface area contributed by atoms with E-state index in [-0.39, 0.29) is 5.03 Å². The van der Waals surface area contributed by atoms with Gasteiger partial charge in [0.05, 0.1) is 0 Å². The van der Waals surface area contributed by atoms with Crippen molar-refractivity contribution >= 4 is 10.0 Å². The van der Waals surface area contributed by atoms with Crippen molar-refractivity contribution in [3.05, 3.63) is 24.4 Å². The smallest absolute Gasteiger partial charge is 0.243 e. The molecule has 1 unspecified atom stereocenters. The van der Waals surface area contributed by atoms with Crippen LogP contribution in [0.15, 0.2) is 29.4 Å². The van der Waals surface area contributed by atoms with Crippen LogP contribution in [-0.2, 0) is 10.0 Å². The molecule has 0 aliphatic carbocycles. The minimum atomic E-state index is -3.41. The fraction of sp³-hybridized carbons (Fsp3) is 0.615. The molecule has 0 amide bonds. The van der Waals surface area contributed by atoms with Gasteiger partial charge in [-0.3, -0.25) is 0 Å². The molecule has 0 N–H and O–H groups in total. The molecular formula is C13H20N2O2S. The lowest BCUT2D eigenvalue weighted by Crippen LogP contribution is -2.41. The minimum absolute atomic E-state index is 0.161. The summed E-state index contributed by atoms with van der Waals surface area (Å²) in [5.41, 5.74) is 0. The average Bonchev–Trinajstić information content (AvgIpc) is 2.40. The van der Waals surface area contributed by atoms with Crippen LogP contribution in [0.5, 0.6) is 0 Å². The van der Waals surface area contributed by atoms with Crippen molar-refractivity contribution in [3.8, 4) is 0 Å². The zero-order valence-corrected chi connectivity index (χ0v) is 11.7. The predicted molar refractivity (Wildman–Crippen MR) is 70.6 cm³/mol. The second-order valence-corrected chi connectivity index (χ2v) is 7.06. The molecule has 1 saturated heterocycles. The van der Waals surface area contributed by atoms with Gasteiger partial charge in [0.1, 0.15) is 0 Å². The average molecular weight is 268 g/mol. The van der Waals surface area contributed by atoms with Crippen molar-refractivity contribution in [1.29, 1.82) is 0 Å². The van der Waals surface area contributed by atoms with Crippen LogP contribution >= 0.6 is 0 Å². The Balaban J connectivity index is 2.21. The van der Waals surface area contributed by atoms with Gasteiger partial charge in [0.25, 0.3) is 10.0 Å². The van der Waals surface area contributed by atoms with Gasteiger partial charge in [0, 0.05) is 19.3 Å². The fourth-order valence-corrected chi connectivity index (χ4v) is 3.83. The minimum Gasteiger partial charge on any atom is -0.243 e. The molecule has 100 valence electrons. The number of sulfonamides is 1. The fourth-order valence-electron chi connectivity index (χ4n) is 2.37. The Labute approximate surface area is 109 Å². The van der Waals surface area contributed by atoms with Gasteiger partial charge in [-0.2, -0.15) is 4.31 Å². The van der Waals surface area contributed by atoms with Gasteiger partial charge < -0.3 is 0 Å². The van der Waals surface area contributed by atoms with Crippen molar-refractivity contribution in [1.82, 2.24) is 9.29 Å². The van der Waals surface area contributed by atoms with Crippen LogP contribution in [-0.4, -0.2) is 30.8 Å². The molecule has 1 aliphatic heterocycles. The normalized spacial score (nSPS) is 22.3. The summed E-state index contributed by atoms with van der Waals surface area (Å²) in [5.74, 6) is 0.976. The molecule has 18 heavy (non-hydrogen) atoms. The summed E-state index contributed by atoms with van der Waals surface area (Å²) in [6, 6.07) is 5.00. The van der Waals surface area contributed by atoms with E-state index in [9.17, 15) is 8.42 Å². The largest absolute Gasteiger partial charge is 0.260 e. The predicted octanol–water partition coefficient (Wildman–Crippen LogP) is 2.14. The van der Waals surface area contributed by atoms with Crippen molar-refractivity contribution < 1.29 is 8.42 Å². The lowest BCUT2D eigenvalue weighted by Gasteiger charge is -2.33. The maximum Gasteiger partial charge on any atom is 0.260 e. The quantitative estimate of drug-likeness (QED) is 0.844. The highest BCUT2D eigenvalue weighted by Crippen LogP contribution is 2.27. The van der Waals surface area contributed by atoms with E-state index in [1.807, 2.05) is 0 Å². The Morgan fingerprint density at radius 3 is 2.78 bits per heavy atom. The van der Waals surface area contributed by atoms with E-state index in [1.165, 1.54) is 6.20 Å². The van der Waals surface area contributed by atoms with Gasteiger partial charge in [-0.05, 0) is 36.8 Å². The number of hydrogen-bond acceptors (Lipinski definition) is 3. The Bertz CT molecular complexity index is 485. The first kappa shape index (κ1) is 13.5. The van der Waals surface area contributed by atoms with Crippen molar-refractivity contribution in [2.75, 3.05) is 13.1 Å². The van der Waals surface area contributed by atoms with Gasteiger partial charge in [-0.1, -0.05) is 19.9 Å². The van der Waals surface area contributed by atoms with Crippen LogP contribution in [0, 0.1) is 11.8 Å². The number of nitrogens with zero attached hydrogens (tertiary/aromatic N) is 2. The van der Waals surface area contributed by atoms with Crippen LogP contribution in [0.4, 0.5) is 0 Å². The molecule has 5 heteroatoms. The highest BCUT2D eigenvalue weighted by Gasteiger charge is 2.31. The number of hydrogen-bond donors (Lipinski definition) is 0. The Morgan fingerprint density at radius 2 is 2.17 bits per heavy atom. The third kappa shape index (κ3) is 2.72. The molecule has 4 nitrogen and oxygen atoms in total. The molecule has 1 aromatic rings. The molecule has 1 fully saturated rings. The first-order valence-electron chi connectivity index (χ1n) is 6.43. The van der Waals surface area contributed by atoms with E-state index in [2.05, 4.69) is 18.8 Å². The summed E-state index contributed by atoms with van der Waals surface area (Å²) < 4.78 is 26.4. The van der Waals surface area contributed by atoms with Crippen LogP contribution in [0.25, 0.3) is 0 Å². The van der Waals surface area contributed by atoms with Gasteiger partial charge in [0.15, 0.2) is 5.03 Å². The molecule has 2 rings (SSSR count). The lowest BCUT2D eigenvalue weighted by molar-refractivity contribution is 0.218. The molecule has 0 radical (unpaired) electrons. The van der Waals surface area contributed by atoms with Crippen LogP contribution in [0.2, 0.25) is 0 Å². The van der Waals surface area contributed by atoms with Crippen LogP contribution in [0.3, 0.4) is 0 Å². The van der Waals surface area contributed by atoms with Gasteiger partial charge in [-0.15, -0.1) is 0 Å². The second kappa shape index (κ2) is 5.36. The molecule has 0 saturated carbocycles. The number of piperidine rings is 1. The van der Waals surface area contributed by atoms with Gasteiger partial charge >= 0.3 is 0 Å². The van der Waals surface area contributed by atoms with E-state index >= 15 is 0 Å². The van der Waals surface area contributed by atoms with Crippen molar-refractivity contribution in [2.24, 2.45) is 11.8 Å². The van der Waals surface area contributed by atoms with Crippen LogP contribution < -0.4 is 0 Å². The zero-order chi connectivity index (χ0) is 13.2. The highest BCUT2D eigenvalue weighted by atomic mass is 32.2. The molecular weight excluding hydrogens is 248 g/mol. The van der Waals surface area contributed by atoms with Gasteiger partial charge in [-0.25, -0.2) is 13.4 Å². The maximum absolute atomic E-state index is 12.4. The highest BCUT2D eigenvalue weighted by molar-refractivity contribution is 7.89. The van der Waals surface area contributed by atoms with E-state index in [1.54, 1.807) is 22.5 Å². The summed E-state index contributed by atoms with van der Waals surface area (Å²) in [6.07, 6.45) is 3.58. The Morgan fingerprint density at radius 1 is 1.39 bits per heavy atom. The molecule has 1 atom stereocenters. The Hall–Kier alpha value is -0.940. The topological polar surface area (TPSA) is 50.3 Å². The molecule has 0 spiro atoms. The van der Waals surface area contributed by atoms with E-state index in [0.29, 0.717) is 24.9 Å². The van der Waals surface area contributed by atoms with Gasteiger partial charge in [0.2, 0.25) is 0 Å². The Kier molecular flexibility index (Phi) is 4.02. The van der Waals surface area contributed by atoms with Crippen LogP contribution in [0.1, 0.15) is 26.7 Å². The third-order valence-corrected chi connectivity index (χ3v) is 5.39. The summed E-state index contributed by atoms with van der Waals surface area (Å²) in [4.78, 5) is 3.97.